The first-order valence-electron chi connectivity index (χ1n) is 8.47. The molecular formula is C15H21N7O2S. The van der Waals surface area contributed by atoms with Crippen LogP contribution in [0, 0.1) is 0 Å². The van der Waals surface area contributed by atoms with Crippen molar-refractivity contribution in [2.75, 3.05) is 44.2 Å². The Morgan fingerprint density at radius 1 is 0.880 bits per heavy atom. The van der Waals surface area contributed by atoms with Gasteiger partial charge in [0.1, 0.15) is 12.1 Å². The average Bonchev–Trinajstić information content (AvgIpc) is 3.36. The van der Waals surface area contributed by atoms with Crippen LogP contribution >= 0.6 is 0 Å². The average molecular weight is 363 g/mol. The number of piperazine rings is 1. The van der Waals surface area contributed by atoms with Gasteiger partial charge >= 0.3 is 0 Å². The van der Waals surface area contributed by atoms with Gasteiger partial charge in [-0.25, -0.2) is 14.6 Å². The molecular weight excluding hydrogens is 342 g/mol. The van der Waals surface area contributed by atoms with Crippen LogP contribution in [0.3, 0.4) is 0 Å². The number of anilines is 1. The molecule has 2 aromatic rings. The Labute approximate surface area is 147 Å². The van der Waals surface area contributed by atoms with Crippen LogP contribution in [-0.4, -0.2) is 76.0 Å². The summed E-state index contributed by atoms with van der Waals surface area (Å²) in [5, 5.41) is 4.18. The van der Waals surface area contributed by atoms with Gasteiger partial charge in [0.25, 0.3) is 10.2 Å². The SMILES string of the molecule is O=S(=O)(N1CCCC1)N1CCN(c2cc(-n3cccn3)ncn2)CC1. The Morgan fingerprint density at radius 2 is 1.56 bits per heavy atom. The molecule has 4 rings (SSSR count). The van der Waals surface area contributed by atoms with Gasteiger partial charge in [-0.2, -0.15) is 22.1 Å². The highest BCUT2D eigenvalue weighted by Crippen LogP contribution is 2.20. The van der Waals surface area contributed by atoms with Crippen molar-refractivity contribution >= 4 is 16.0 Å². The van der Waals surface area contributed by atoms with Gasteiger partial charge < -0.3 is 4.90 Å². The molecule has 134 valence electrons. The van der Waals surface area contributed by atoms with Crippen LogP contribution < -0.4 is 4.90 Å². The molecule has 10 heteroatoms. The molecule has 0 radical (unpaired) electrons. The third kappa shape index (κ3) is 3.24. The quantitative estimate of drug-likeness (QED) is 0.767. The molecule has 0 saturated carbocycles. The standard InChI is InChI=1S/C15H21N7O2S/c23-25(24,20-5-1-2-6-20)21-10-8-19(9-11-21)14-12-15(17-13-16-14)22-7-3-4-18-22/h3-4,7,12-13H,1-2,5-6,8-11H2. The molecule has 4 heterocycles. The van der Waals surface area contributed by atoms with Crippen LogP contribution in [0.5, 0.6) is 0 Å². The molecule has 25 heavy (non-hydrogen) atoms. The van der Waals surface area contributed by atoms with E-state index in [4.69, 9.17) is 0 Å². The second-order valence-electron chi connectivity index (χ2n) is 6.19. The minimum atomic E-state index is -3.32. The van der Waals surface area contributed by atoms with Crippen molar-refractivity contribution in [1.29, 1.82) is 0 Å². The van der Waals surface area contributed by atoms with E-state index in [-0.39, 0.29) is 0 Å². The summed E-state index contributed by atoms with van der Waals surface area (Å²) < 4.78 is 30.1. The van der Waals surface area contributed by atoms with Crippen LogP contribution in [0.1, 0.15) is 12.8 Å². The predicted octanol–water partition coefficient (Wildman–Crippen LogP) is 0.125. The lowest BCUT2D eigenvalue weighted by atomic mass is 10.3. The number of aromatic nitrogens is 4. The first kappa shape index (κ1) is 16.4. The summed E-state index contributed by atoms with van der Waals surface area (Å²) in [6.07, 6.45) is 6.95. The van der Waals surface area contributed by atoms with Crippen molar-refractivity contribution in [3.05, 3.63) is 30.9 Å². The van der Waals surface area contributed by atoms with E-state index in [0.717, 1.165) is 18.7 Å². The minimum Gasteiger partial charge on any atom is -0.354 e. The van der Waals surface area contributed by atoms with Crippen LogP contribution in [0.2, 0.25) is 0 Å². The Kier molecular flexibility index (Phi) is 4.40. The van der Waals surface area contributed by atoms with E-state index in [1.807, 2.05) is 18.3 Å². The van der Waals surface area contributed by atoms with Gasteiger partial charge in [0, 0.05) is 57.7 Å². The second kappa shape index (κ2) is 6.70. The summed E-state index contributed by atoms with van der Waals surface area (Å²) in [4.78, 5) is 10.7. The Hall–Kier alpha value is -2.04. The normalized spacial score (nSPS) is 20.2. The fourth-order valence-electron chi connectivity index (χ4n) is 3.27. The first-order chi connectivity index (χ1) is 12.1. The van der Waals surface area contributed by atoms with Crippen LogP contribution in [0.25, 0.3) is 5.82 Å². The van der Waals surface area contributed by atoms with E-state index < -0.39 is 10.2 Å². The molecule has 2 aliphatic rings. The molecule has 0 aliphatic carbocycles. The van der Waals surface area contributed by atoms with Gasteiger partial charge in [-0.3, -0.25) is 0 Å². The van der Waals surface area contributed by atoms with Crippen molar-refractivity contribution in [2.45, 2.75) is 12.8 Å². The molecule has 2 fully saturated rings. The number of rotatable bonds is 4. The molecule has 0 aromatic carbocycles. The summed E-state index contributed by atoms with van der Waals surface area (Å²) in [5.41, 5.74) is 0. The largest absolute Gasteiger partial charge is 0.354 e. The molecule has 0 N–H and O–H groups in total. The monoisotopic (exact) mass is 363 g/mol. The fourth-order valence-corrected chi connectivity index (χ4v) is 4.94. The Balaban J connectivity index is 1.44. The van der Waals surface area contributed by atoms with Gasteiger partial charge in [0.2, 0.25) is 0 Å². The van der Waals surface area contributed by atoms with E-state index in [1.54, 1.807) is 19.5 Å². The smallest absolute Gasteiger partial charge is 0.282 e. The lowest BCUT2D eigenvalue weighted by molar-refractivity contribution is 0.343. The fraction of sp³-hybridized carbons (Fsp3) is 0.533. The molecule has 0 spiro atoms. The van der Waals surface area contributed by atoms with Gasteiger partial charge in [0.15, 0.2) is 5.82 Å². The molecule has 0 bridgehead atoms. The number of hydrogen-bond donors (Lipinski definition) is 0. The summed E-state index contributed by atoms with van der Waals surface area (Å²) in [6.45, 7) is 3.45. The van der Waals surface area contributed by atoms with Gasteiger partial charge in [-0.1, -0.05) is 0 Å². The van der Waals surface area contributed by atoms with E-state index >= 15 is 0 Å². The van der Waals surface area contributed by atoms with Gasteiger partial charge in [0.05, 0.1) is 0 Å². The molecule has 0 atom stereocenters. The molecule has 0 unspecified atom stereocenters. The topological polar surface area (TPSA) is 87.5 Å². The molecule has 2 saturated heterocycles. The number of hydrogen-bond acceptors (Lipinski definition) is 6. The van der Waals surface area contributed by atoms with E-state index in [9.17, 15) is 8.42 Å². The van der Waals surface area contributed by atoms with Crippen molar-refractivity contribution < 1.29 is 8.42 Å². The third-order valence-corrected chi connectivity index (χ3v) is 6.69. The molecule has 2 aromatic heterocycles. The summed E-state index contributed by atoms with van der Waals surface area (Å²) in [7, 11) is -3.32. The molecule has 0 amide bonds. The maximum absolute atomic E-state index is 12.6. The minimum absolute atomic E-state index is 0.472. The zero-order chi connectivity index (χ0) is 17.3. The predicted molar refractivity (Wildman–Crippen MR) is 92.7 cm³/mol. The van der Waals surface area contributed by atoms with Gasteiger partial charge in [-0.15, -0.1) is 0 Å². The van der Waals surface area contributed by atoms with E-state index in [0.29, 0.717) is 45.1 Å². The van der Waals surface area contributed by atoms with Crippen molar-refractivity contribution in [2.24, 2.45) is 0 Å². The molecule has 9 nitrogen and oxygen atoms in total. The Morgan fingerprint density at radius 3 is 2.24 bits per heavy atom. The zero-order valence-corrected chi connectivity index (χ0v) is 14.7. The highest BCUT2D eigenvalue weighted by molar-refractivity contribution is 7.86. The maximum atomic E-state index is 12.6. The molecule has 2 aliphatic heterocycles. The summed E-state index contributed by atoms with van der Waals surface area (Å²) in [6, 6.07) is 3.71. The van der Waals surface area contributed by atoms with E-state index in [1.165, 1.54) is 6.33 Å². The van der Waals surface area contributed by atoms with Crippen LogP contribution in [-0.2, 0) is 10.2 Å². The summed E-state index contributed by atoms with van der Waals surface area (Å²) >= 11 is 0. The summed E-state index contributed by atoms with van der Waals surface area (Å²) in [5.74, 6) is 1.49. The highest BCUT2D eigenvalue weighted by Gasteiger charge is 2.34. The van der Waals surface area contributed by atoms with Crippen LogP contribution in [0.15, 0.2) is 30.9 Å². The lowest BCUT2D eigenvalue weighted by Crippen LogP contribution is -2.52. The van der Waals surface area contributed by atoms with Crippen molar-refractivity contribution in [3.8, 4) is 5.82 Å². The Bertz CT molecular complexity index is 810. The van der Waals surface area contributed by atoms with Crippen LogP contribution in [0.4, 0.5) is 5.82 Å². The second-order valence-corrected chi connectivity index (χ2v) is 8.11. The maximum Gasteiger partial charge on any atom is 0.282 e. The number of nitrogens with zero attached hydrogens (tertiary/aromatic N) is 7. The highest BCUT2D eigenvalue weighted by atomic mass is 32.2. The van der Waals surface area contributed by atoms with Crippen molar-refractivity contribution in [1.82, 2.24) is 28.4 Å². The lowest BCUT2D eigenvalue weighted by Gasteiger charge is -2.36. The van der Waals surface area contributed by atoms with E-state index in [2.05, 4.69) is 20.0 Å². The van der Waals surface area contributed by atoms with Gasteiger partial charge in [-0.05, 0) is 18.9 Å². The van der Waals surface area contributed by atoms with Crippen molar-refractivity contribution in [3.63, 3.8) is 0 Å². The first-order valence-corrected chi connectivity index (χ1v) is 9.86. The zero-order valence-electron chi connectivity index (χ0n) is 13.9. The third-order valence-electron chi connectivity index (χ3n) is 4.66.